The smallest absolute Gasteiger partial charge is 0.309 e. The minimum absolute atomic E-state index is 0.0278. The van der Waals surface area contributed by atoms with Crippen LogP contribution < -0.4 is 14.2 Å². The van der Waals surface area contributed by atoms with Crippen LogP contribution in [0.3, 0.4) is 0 Å². The van der Waals surface area contributed by atoms with Crippen molar-refractivity contribution in [3.8, 4) is 17.2 Å². The molecule has 0 aromatic heterocycles. The fourth-order valence-corrected chi connectivity index (χ4v) is 4.99. The third kappa shape index (κ3) is 9.48. The van der Waals surface area contributed by atoms with Crippen LogP contribution in [0.15, 0.2) is 18.2 Å². The summed E-state index contributed by atoms with van der Waals surface area (Å²) in [4.78, 5) is 24.2. The van der Waals surface area contributed by atoms with Crippen molar-refractivity contribution in [2.75, 3.05) is 34.0 Å². The third-order valence-electron chi connectivity index (χ3n) is 7.51. The Balaban J connectivity index is 1.66. The molecule has 0 unspecified atom stereocenters. The van der Waals surface area contributed by atoms with Crippen LogP contribution in [-0.2, 0) is 28.5 Å². The van der Waals surface area contributed by atoms with Crippen LogP contribution in [0.1, 0.15) is 25.3 Å². The molecule has 47 heavy (non-hydrogen) atoms. The molecule has 2 aliphatic rings. The second-order valence-electron chi connectivity index (χ2n) is 11.2. The van der Waals surface area contributed by atoms with Gasteiger partial charge in [0.05, 0.1) is 45.9 Å². The average molecular weight is 679 g/mol. The number of methoxy groups -OCH3 is 2. The Morgan fingerprint density at radius 3 is 1.81 bits per heavy atom. The molecular formula is C29H42O18. The second-order valence-corrected chi connectivity index (χ2v) is 11.2. The van der Waals surface area contributed by atoms with Gasteiger partial charge in [0.25, 0.3) is 0 Å². The maximum absolute atomic E-state index is 12.7. The Morgan fingerprint density at radius 2 is 1.32 bits per heavy atom. The molecule has 2 fully saturated rings. The van der Waals surface area contributed by atoms with Crippen molar-refractivity contribution >= 4 is 18.0 Å². The topological polar surface area (TPSA) is 281 Å². The molecule has 11 atom stereocenters. The normalized spacial score (nSPS) is 32.4. The molecule has 1 aromatic rings. The first-order valence-corrected chi connectivity index (χ1v) is 14.4. The van der Waals surface area contributed by atoms with E-state index < -0.39 is 105 Å². The van der Waals surface area contributed by atoms with Gasteiger partial charge in [-0.1, -0.05) is 6.08 Å². The first-order chi connectivity index (χ1) is 22.2. The third-order valence-corrected chi connectivity index (χ3v) is 7.51. The Kier molecular flexibility index (Phi) is 13.7. The van der Waals surface area contributed by atoms with Crippen LogP contribution in [0.2, 0.25) is 0 Å². The maximum Gasteiger partial charge on any atom is 0.309 e. The van der Waals surface area contributed by atoms with Crippen LogP contribution in [0, 0.1) is 0 Å². The van der Waals surface area contributed by atoms with E-state index in [0.717, 1.165) is 0 Å². The molecule has 0 saturated carbocycles. The van der Waals surface area contributed by atoms with Crippen LogP contribution >= 0.6 is 0 Å². The summed E-state index contributed by atoms with van der Waals surface area (Å²) in [5.41, 5.74) is -1.32. The number of rotatable bonds is 15. The molecule has 266 valence electrons. The molecule has 2 heterocycles. The van der Waals surface area contributed by atoms with Gasteiger partial charge in [0.15, 0.2) is 17.8 Å². The molecule has 0 amide bonds. The summed E-state index contributed by atoms with van der Waals surface area (Å²) in [6, 6.07) is 3.00. The van der Waals surface area contributed by atoms with E-state index >= 15 is 0 Å². The van der Waals surface area contributed by atoms with E-state index in [0.29, 0.717) is 5.56 Å². The Bertz CT molecular complexity index is 1200. The summed E-state index contributed by atoms with van der Waals surface area (Å²) in [5.74, 6) is -2.06. The average Bonchev–Trinajstić information content (AvgIpc) is 3.03. The number of esters is 1. The summed E-state index contributed by atoms with van der Waals surface area (Å²) in [5, 5.41) is 88.9. The number of carbonyl (C=O) groups excluding carboxylic acids is 1. The van der Waals surface area contributed by atoms with Crippen molar-refractivity contribution in [3.05, 3.63) is 23.8 Å². The number of carboxylic acid groups (broad SMARTS) is 1. The van der Waals surface area contributed by atoms with Crippen LogP contribution in [0.5, 0.6) is 17.2 Å². The number of benzene rings is 1. The highest BCUT2D eigenvalue weighted by molar-refractivity contribution is 5.74. The molecule has 18 nitrogen and oxygen atoms in total. The monoisotopic (exact) mass is 678 g/mol. The second kappa shape index (κ2) is 16.8. The fourth-order valence-electron chi connectivity index (χ4n) is 4.99. The van der Waals surface area contributed by atoms with Gasteiger partial charge in [0.1, 0.15) is 55.4 Å². The molecule has 0 aliphatic carbocycles. The number of hydrogen-bond donors (Lipinski definition) is 9. The minimum Gasteiger partial charge on any atom is -0.493 e. The van der Waals surface area contributed by atoms with Crippen molar-refractivity contribution < 1.29 is 88.7 Å². The Labute approximate surface area is 268 Å². The van der Waals surface area contributed by atoms with Gasteiger partial charge >= 0.3 is 11.9 Å². The highest BCUT2D eigenvalue weighted by atomic mass is 16.7. The number of aliphatic hydroxyl groups excluding tert-OH is 8. The quantitative estimate of drug-likeness (QED) is 0.0830. The highest BCUT2D eigenvalue weighted by Crippen LogP contribution is 2.41. The lowest BCUT2D eigenvalue weighted by atomic mass is 9.95. The predicted molar refractivity (Wildman–Crippen MR) is 154 cm³/mol. The van der Waals surface area contributed by atoms with Gasteiger partial charge in [-0.2, -0.15) is 0 Å². The minimum atomic E-state index is -1.82. The van der Waals surface area contributed by atoms with Crippen LogP contribution in [0.25, 0.3) is 6.08 Å². The summed E-state index contributed by atoms with van der Waals surface area (Å²) in [6.45, 7) is -0.417. The van der Waals surface area contributed by atoms with E-state index in [4.69, 9.17) is 33.2 Å². The van der Waals surface area contributed by atoms with E-state index in [2.05, 4.69) is 0 Å². The van der Waals surface area contributed by atoms with Crippen LogP contribution in [0.4, 0.5) is 0 Å². The Morgan fingerprint density at radius 1 is 0.809 bits per heavy atom. The van der Waals surface area contributed by atoms with Crippen molar-refractivity contribution in [2.24, 2.45) is 0 Å². The molecular weight excluding hydrogens is 636 g/mol. The highest BCUT2D eigenvalue weighted by Gasteiger charge is 2.48. The van der Waals surface area contributed by atoms with Crippen molar-refractivity contribution in [1.82, 2.24) is 0 Å². The van der Waals surface area contributed by atoms with Gasteiger partial charge < -0.3 is 79.1 Å². The SMILES string of the molecule is COc1cc(/C=C\COC(=O)C[C@@](C)(CC(=O)O)O[C@@H]2O[C@H](CO)[C@@H](O)[C@H](O)[C@H]2O)cc(OC)c1O[C@@H]1O[C@H](CO)[C@@H](O)[C@H](O)[C@H]1O. The fraction of sp³-hybridized carbons (Fsp3) is 0.655. The van der Waals surface area contributed by atoms with Gasteiger partial charge in [-0.25, -0.2) is 0 Å². The molecule has 18 heteroatoms. The first-order valence-electron chi connectivity index (χ1n) is 14.4. The van der Waals surface area contributed by atoms with Crippen molar-refractivity contribution in [3.63, 3.8) is 0 Å². The summed E-state index contributed by atoms with van der Waals surface area (Å²) < 4.78 is 37.9. The van der Waals surface area contributed by atoms with Gasteiger partial charge in [0, 0.05) is 0 Å². The molecule has 9 N–H and O–H groups in total. The zero-order chi connectivity index (χ0) is 35.1. The number of hydrogen-bond acceptors (Lipinski definition) is 17. The summed E-state index contributed by atoms with van der Waals surface area (Å²) >= 11 is 0. The van der Waals surface area contributed by atoms with E-state index in [1.807, 2.05) is 0 Å². The largest absolute Gasteiger partial charge is 0.493 e. The van der Waals surface area contributed by atoms with Gasteiger partial charge in [0.2, 0.25) is 12.0 Å². The van der Waals surface area contributed by atoms with Gasteiger partial charge in [-0.3, -0.25) is 9.59 Å². The molecule has 3 rings (SSSR count). The number of aliphatic carboxylic acids is 1. The lowest BCUT2D eigenvalue weighted by molar-refractivity contribution is -0.325. The van der Waals surface area contributed by atoms with E-state index in [-0.39, 0.29) is 23.9 Å². The van der Waals surface area contributed by atoms with Crippen LogP contribution in [-0.4, -0.2) is 159 Å². The molecule has 0 spiro atoms. The van der Waals surface area contributed by atoms with Gasteiger partial charge in [-0.15, -0.1) is 0 Å². The van der Waals surface area contributed by atoms with Crippen molar-refractivity contribution in [1.29, 1.82) is 0 Å². The lowest BCUT2D eigenvalue weighted by Crippen LogP contribution is -2.60. The standard InChI is InChI=1S/C29H42O18/c1-29(9-18(32)33,47-28-25(40)23(38)21(36)17(12-31)45-28)10-19(34)43-6-4-5-13-7-14(41-2)26(15(8-13)42-3)46-27-24(39)22(37)20(35)16(11-30)44-27/h4-5,7-8,16-17,20-25,27-28,30-31,35-40H,6,9-12H2,1-3H3,(H,32,33)/b5-4-/t16-,17-,20-,21-,22+,23+,24-,25-,27+,28+,29-/m1/s1. The van der Waals surface area contributed by atoms with Crippen molar-refractivity contribution in [2.45, 2.75) is 86.8 Å². The first kappa shape index (κ1) is 38.3. The van der Waals surface area contributed by atoms with E-state index in [1.54, 1.807) is 0 Å². The molecule has 0 radical (unpaired) electrons. The zero-order valence-electron chi connectivity index (χ0n) is 25.8. The summed E-state index contributed by atoms with van der Waals surface area (Å²) in [6.07, 6.45) is -14.3. The zero-order valence-corrected chi connectivity index (χ0v) is 25.8. The number of carbonyl (C=O) groups is 2. The summed E-state index contributed by atoms with van der Waals surface area (Å²) in [7, 11) is 2.65. The number of carboxylic acids is 1. The molecule has 1 aromatic carbocycles. The molecule has 0 bridgehead atoms. The lowest BCUT2D eigenvalue weighted by Gasteiger charge is -2.42. The van der Waals surface area contributed by atoms with E-state index in [1.165, 1.54) is 45.4 Å². The Hall–Kier alpha value is -3.14. The molecule has 2 aliphatic heterocycles. The van der Waals surface area contributed by atoms with E-state index in [9.17, 15) is 55.5 Å². The predicted octanol–water partition coefficient (Wildman–Crippen LogP) is -3.12. The number of aliphatic hydroxyl groups is 8. The maximum atomic E-state index is 12.7. The van der Waals surface area contributed by atoms with Gasteiger partial charge in [-0.05, 0) is 30.7 Å². The number of ether oxygens (including phenoxy) is 7. The molecule has 2 saturated heterocycles.